The van der Waals surface area contributed by atoms with Crippen LogP contribution >= 0.6 is 22.9 Å². The Kier molecular flexibility index (Phi) is 6.19. The molecule has 2 rings (SSSR count). The number of nitrogens with zero attached hydrogens (tertiary/aromatic N) is 1. The molecule has 0 aliphatic rings. The molecule has 0 saturated heterocycles. The number of halogens is 1. The summed E-state index contributed by atoms with van der Waals surface area (Å²) in [5.41, 5.74) is 0.551. The average molecular weight is 352 g/mol. The number of carbonyl (C=O) groups is 2. The van der Waals surface area contributed by atoms with E-state index in [4.69, 9.17) is 16.3 Å². The van der Waals surface area contributed by atoms with Gasteiger partial charge in [0.25, 0.3) is 5.91 Å². The van der Waals surface area contributed by atoms with Crippen LogP contribution in [0.1, 0.15) is 33.4 Å². The highest BCUT2D eigenvalue weighted by Crippen LogP contribution is 2.23. The maximum absolute atomic E-state index is 12.3. The molecule has 6 heteroatoms. The Bertz CT molecular complexity index is 699. The smallest absolute Gasteiger partial charge is 0.254 e. The van der Waals surface area contributed by atoms with Crippen molar-refractivity contribution in [3.05, 3.63) is 51.2 Å². The average Bonchev–Trinajstić information content (AvgIpc) is 3.02. The van der Waals surface area contributed by atoms with Crippen molar-refractivity contribution in [1.29, 1.82) is 0 Å². The highest BCUT2D eigenvalue weighted by Gasteiger charge is 2.14. The Labute approximate surface area is 144 Å². The van der Waals surface area contributed by atoms with Gasteiger partial charge in [0.05, 0.1) is 22.1 Å². The van der Waals surface area contributed by atoms with Crippen molar-refractivity contribution >= 4 is 34.6 Å². The molecule has 1 heterocycles. The zero-order valence-electron chi connectivity index (χ0n) is 13.0. The molecule has 23 heavy (non-hydrogen) atoms. The first-order chi connectivity index (χ1) is 11.0. The summed E-state index contributed by atoms with van der Waals surface area (Å²) in [6, 6.07) is 8.94. The molecular weight excluding hydrogens is 334 g/mol. The van der Waals surface area contributed by atoms with E-state index in [-0.39, 0.29) is 11.7 Å². The molecule has 0 aliphatic heterocycles. The molecule has 122 valence electrons. The van der Waals surface area contributed by atoms with Gasteiger partial charge in [-0.05, 0) is 31.5 Å². The molecular formula is C17H18ClNO3S. The van der Waals surface area contributed by atoms with Crippen molar-refractivity contribution in [3.8, 4) is 5.75 Å². The summed E-state index contributed by atoms with van der Waals surface area (Å²) in [7, 11) is 1.74. The number of Topliss-reactive ketones (excluding diaryl/α,β-unsaturated/α-hetero) is 1. The van der Waals surface area contributed by atoms with Crippen molar-refractivity contribution in [2.24, 2.45) is 0 Å². The lowest BCUT2D eigenvalue weighted by atomic mass is 10.2. The first kappa shape index (κ1) is 17.5. The molecule has 2 aromatic rings. The monoisotopic (exact) mass is 351 g/mol. The van der Waals surface area contributed by atoms with Gasteiger partial charge in [0.1, 0.15) is 5.75 Å². The lowest BCUT2D eigenvalue weighted by Crippen LogP contribution is -2.28. The van der Waals surface area contributed by atoms with Crippen LogP contribution in [0.5, 0.6) is 5.75 Å². The summed E-state index contributed by atoms with van der Waals surface area (Å²) in [5.74, 6) is 0.531. The number of ketones is 1. The Morgan fingerprint density at radius 1 is 1.30 bits per heavy atom. The summed E-state index contributed by atoms with van der Waals surface area (Å²) < 4.78 is 5.60. The van der Waals surface area contributed by atoms with E-state index >= 15 is 0 Å². The number of amides is 1. The van der Waals surface area contributed by atoms with Crippen molar-refractivity contribution in [1.82, 2.24) is 4.90 Å². The Morgan fingerprint density at radius 2 is 2.04 bits per heavy atom. The summed E-state index contributed by atoms with van der Waals surface area (Å²) >= 11 is 7.30. The van der Waals surface area contributed by atoms with Crippen LogP contribution in [-0.2, 0) is 0 Å². The maximum Gasteiger partial charge on any atom is 0.254 e. The second-order valence-electron chi connectivity index (χ2n) is 5.11. The lowest BCUT2D eigenvalue weighted by molar-refractivity contribution is 0.0788. The lowest BCUT2D eigenvalue weighted by Gasteiger charge is -2.16. The number of benzene rings is 1. The van der Waals surface area contributed by atoms with Gasteiger partial charge in [0.2, 0.25) is 0 Å². The molecule has 0 unspecified atom stereocenters. The number of hydrogen-bond donors (Lipinski definition) is 0. The zero-order chi connectivity index (χ0) is 16.8. The standard InChI is InChI=1S/C17H18ClNO3S/c1-12(20)16-10-13(11-23-16)17(21)19(2)8-5-9-22-15-7-4-3-6-14(15)18/h3-4,6-7,10-11H,5,8-9H2,1-2H3. The van der Waals surface area contributed by atoms with Crippen LogP contribution in [0.25, 0.3) is 0 Å². The molecule has 0 fully saturated rings. The fourth-order valence-corrected chi connectivity index (χ4v) is 2.97. The molecule has 0 spiro atoms. The van der Waals surface area contributed by atoms with Gasteiger partial charge in [-0.2, -0.15) is 0 Å². The summed E-state index contributed by atoms with van der Waals surface area (Å²) in [4.78, 5) is 25.8. The van der Waals surface area contributed by atoms with Gasteiger partial charge in [-0.15, -0.1) is 11.3 Å². The molecule has 0 atom stereocenters. The first-order valence-electron chi connectivity index (χ1n) is 7.21. The van der Waals surface area contributed by atoms with Gasteiger partial charge in [0.15, 0.2) is 5.78 Å². The van der Waals surface area contributed by atoms with E-state index in [0.717, 1.165) is 0 Å². The molecule has 0 radical (unpaired) electrons. The van der Waals surface area contributed by atoms with E-state index in [1.54, 1.807) is 29.5 Å². The highest BCUT2D eigenvalue weighted by atomic mass is 35.5. The highest BCUT2D eigenvalue weighted by molar-refractivity contribution is 7.12. The van der Waals surface area contributed by atoms with Crippen LogP contribution in [-0.4, -0.2) is 36.8 Å². The fraction of sp³-hybridized carbons (Fsp3) is 0.294. The minimum Gasteiger partial charge on any atom is -0.492 e. The minimum atomic E-state index is -0.0912. The Morgan fingerprint density at radius 3 is 2.70 bits per heavy atom. The van der Waals surface area contributed by atoms with E-state index in [1.165, 1.54) is 18.3 Å². The van der Waals surface area contributed by atoms with Crippen LogP contribution in [0.15, 0.2) is 35.7 Å². The van der Waals surface area contributed by atoms with E-state index in [2.05, 4.69) is 0 Å². The number of hydrogen-bond acceptors (Lipinski definition) is 4. The summed E-state index contributed by atoms with van der Waals surface area (Å²) in [5, 5.41) is 2.29. The van der Waals surface area contributed by atoms with Gasteiger partial charge in [-0.3, -0.25) is 9.59 Å². The number of rotatable bonds is 7. The molecule has 1 amide bonds. The van der Waals surface area contributed by atoms with Crippen LogP contribution in [0.2, 0.25) is 5.02 Å². The predicted octanol–water partition coefficient (Wildman–Crippen LogP) is 4.15. The van der Waals surface area contributed by atoms with Gasteiger partial charge in [-0.1, -0.05) is 23.7 Å². The third-order valence-corrected chi connectivity index (χ3v) is 4.62. The normalized spacial score (nSPS) is 10.4. The third kappa shape index (κ3) is 4.81. The maximum atomic E-state index is 12.3. The molecule has 0 bridgehead atoms. The van der Waals surface area contributed by atoms with Crippen LogP contribution in [0.4, 0.5) is 0 Å². The van der Waals surface area contributed by atoms with E-state index in [0.29, 0.717) is 40.8 Å². The van der Waals surface area contributed by atoms with Crippen LogP contribution < -0.4 is 4.74 Å². The largest absolute Gasteiger partial charge is 0.492 e. The molecule has 4 nitrogen and oxygen atoms in total. The predicted molar refractivity (Wildman–Crippen MR) is 92.8 cm³/mol. The fourth-order valence-electron chi connectivity index (χ4n) is 2.00. The number of carbonyl (C=O) groups excluding carboxylic acids is 2. The van der Waals surface area contributed by atoms with E-state index in [9.17, 15) is 9.59 Å². The summed E-state index contributed by atoms with van der Waals surface area (Å²) in [6.07, 6.45) is 0.692. The SMILES string of the molecule is CC(=O)c1cc(C(=O)N(C)CCCOc2ccccc2Cl)cs1. The van der Waals surface area contributed by atoms with Gasteiger partial charge in [-0.25, -0.2) is 0 Å². The third-order valence-electron chi connectivity index (χ3n) is 3.27. The van der Waals surface area contributed by atoms with Crippen molar-refractivity contribution in [2.45, 2.75) is 13.3 Å². The quantitative estimate of drug-likeness (QED) is 0.556. The topological polar surface area (TPSA) is 46.6 Å². The number of ether oxygens (including phenoxy) is 1. The number of para-hydroxylation sites is 1. The van der Waals surface area contributed by atoms with E-state index in [1.807, 2.05) is 18.2 Å². The second kappa shape index (κ2) is 8.13. The Hall–Kier alpha value is -1.85. The number of thiophene rings is 1. The first-order valence-corrected chi connectivity index (χ1v) is 8.47. The minimum absolute atomic E-state index is 0.0233. The zero-order valence-corrected chi connectivity index (χ0v) is 14.6. The van der Waals surface area contributed by atoms with Gasteiger partial charge in [0, 0.05) is 19.0 Å². The van der Waals surface area contributed by atoms with Crippen molar-refractivity contribution < 1.29 is 14.3 Å². The molecule has 0 saturated carbocycles. The van der Waals surface area contributed by atoms with Crippen LogP contribution in [0.3, 0.4) is 0 Å². The van der Waals surface area contributed by atoms with E-state index < -0.39 is 0 Å². The molecule has 1 aromatic heterocycles. The van der Waals surface area contributed by atoms with Crippen LogP contribution in [0, 0.1) is 0 Å². The van der Waals surface area contributed by atoms with Crippen molar-refractivity contribution in [2.75, 3.05) is 20.2 Å². The summed E-state index contributed by atoms with van der Waals surface area (Å²) in [6.45, 7) is 2.54. The molecule has 0 N–H and O–H groups in total. The van der Waals surface area contributed by atoms with Gasteiger partial charge < -0.3 is 9.64 Å². The molecule has 1 aromatic carbocycles. The Balaban J connectivity index is 1.80. The second-order valence-corrected chi connectivity index (χ2v) is 6.43. The molecule has 0 aliphatic carbocycles. The van der Waals surface area contributed by atoms with Gasteiger partial charge >= 0.3 is 0 Å². The van der Waals surface area contributed by atoms with Crippen molar-refractivity contribution in [3.63, 3.8) is 0 Å².